The van der Waals surface area contributed by atoms with Gasteiger partial charge in [-0.3, -0.25) is 0 Å². The molecule has 18 heavy (non-hydrogen) atoms. The summed E-state index contributed by atoms with van der Waals surface area (Å²) in [4.78, 5) is 10.1. The van der Waals surface area contributed by atoms with Gasteiger partial charge in [-0.05, 0) is 19.4 Å². The van der Waals surface area contributed by atoms with E-state index in [2.05, 4.69) is 29.1 Å². The topological polar surface area (TPSA) is 37.8 Å². The summed E-state index contributed by atoms with van der Waals surface area (Å²) in [5.74, 6) is 1.64. The Morgan fingerprint density at radius 3 is 2.72 bits per heavy atom. The third-order valence-corrected chi connectivity index (χ3v) is 3.70. The lowest BCUT2D eigenvalue weighted by Crippen LogP contribution is -2.03. The second kappa shape index (κ2) is 6.16. The molecule has 0 aliphatic carbocycles. The highest BCUT2D eigenvalue weighted by Crippen LogP contribution is 2.28. The summed E-state index contributed by atoms with van der Waals surface area (Å²) in [6.07, 6.45) is 2.04. The first-order chi connectivity index (χ1) is 8.72. The van der Waals surface area contributed by atoms with Crippen molar-refractivity contribution in [1.82, 2.24) is 9.97 Å². The van der Waals surface area contributed by atoms with Crippen LogP contribution < -0.4 is 5.32 Å². The summed E-state index contributed by atoms with van der Waals surface area (Å²) in [5.41, 5.74) is 1.07. The van der Waals surface area contributed by atoms with E-state index in [1.165, 1.54) is 0 Å². The second-order valence-corrected chi connectivity index (χ2v) is 5.33. The minimum atomic E-state index is 0.740. The molecule has 3 nitrogen and oxygen atoms in total. The van der Waals surface area contributed by atoms with E-state index in [-0.39, 0.29) is 0 Å². The van der Waals surface area contributed by atoms with E-state index in [1.54, 1.807) is 11.3 Å². The lowest BCUT2D eigenvalue weighted by molar-refractivity contribution is 0.875. The van der Waals surface area contributed by atoms with E-state index in [4.69, 9.17) is 11.6 Å². The van der Waals surface area contributed by atoms with E-state index >= 15 is 0 Å². The van der Waals surface area contributed by atoms with Gasteiger partial charge in [-0.25, -0.2) is 9.97 Å². The molecule has 0 spiro atoms. The number of aromatic nitrogens is 2. The molecule has 5 heteroatoms. The maximum Gasteiger partial charge on any atom is 0.171 e. The molecule has 0 aromatic carbocycles. The Labute approximate surface area is 116 Å². The van der Waals surface area contributed by atoms with E-state index in [1.807, 2.05) is 17.5 Å². The van der Waals surface area contributed by atoms with Crippen molar-refractivity contribution in [3.63, 3.8) is 0 Å². The van der Waals surface area contributed by atoms with Gasteiger partial charge < -0.3 is 5.32 Å². The monoisotopic (exact) mass is 281 g/mol. The third kappa shape index (κ3) is 3.21. The number of halogens is 1. The maximum atomic E-state index is 5.95. The molecular weight excluding hydrogens is 266 g/mol. The first kappa shape index (κ1) is 13.3. The number of aryl methyl sites for hydroxylation is 1. The number of hydrogen-bond acceptors (Lipinski definition) is 4. The Balaban J connectivity index is 2.39. The first-order valence-electron chi connectivity index (χ1n) is 6.09. The molecule has 1 N–H and O–H groups in total. The summed E-state index contributed by atoms with van der Waals surface area (Å²) in [6.45, 7) is 5.06. The lowest BCUT2D eigenvalue weighted by Gasteiger charge is -2.07. The molecule has 0 aliphatic rings. The van der Waals surface area contributed by atoms with Gasteiger partial charge in [0.15, 0.2) is 5.82 Å². The first-order valence-corrected chi connectivity index (χ1v) is 7.35. The largest absolute Gasteiger partial charge is 0.370 e. The normalized spacial score (nSPS) is 10.6. The average Bonchev–Trinajstić information content (AvgIpc) is 2.76. The van der Waals surface area contributed by atoms with Crippen LogP contribution >= 0.6 is 22.9 Å². The fourth-order valence-electron chi connectivity index (χ4n) is 1.69. The van der Waals surface area contributed by atoms with Crippen molar-refractivity contribution in [3.8, 4) is 10.7 Å². The Hall–Kier alpha value is -1.13. The van der Waals surface area contributed by atoms with Crippen molar-refractivity contribution in [3.05, 3.63) is 28.2 Å². The Kier molecular flexibility index (Phi) is 4.55. The summed E-state index contributed by atoms with van der Waals surface area (Å²) in [5, 5.41) is 5.89. The van der Waals surface area contributed by atoms with E-state index < -0.39 is 0 Å². The van der Waals surface area contributed by atoms with Gasteiger partial charge in [0.05, 0.1) is 9.90 Å². The van der Waals surface area contributed by atoms with Crippen LogP contribution in [0.25, 0.3) is 10.7 Å². The van der Waals surface area contributed by atoms with Gasteiger partial charge >= 0.3 is 0 Å². The van der Waals surface area contributed by atoms with E-state index in [9.17, 15) is 0 Å². The van der Waals surface area contributed by atoms with Crippen LogP contribution in [0.15, 0.2) is 17.5 Å². The van der Waals surface area contributed by atoms with E-state index in [0.717, 1.165) is 46.6 Å². The number of rotatable bonds is 5. The Bertz CT molecular complexity index is 500. The van der Waals surface area contributed by atoms with Crippen molar-refractivity contribution in [2.24, 2.45) is 0 Å². The molecule has 2 heterocycles. The van der Waals surface area contributed by atoms with Gasteiger partial charge in [0.1, 0.15) is 5.82 Å². The molecule has 0 saturated heterocycles. The predicted molar refractivity (Wildman–Crippen MR) is 78.5 cm³/mol. The van der Waals surface area contributed by atoms with Crippen LogP contribution in [0.2, 0.25) is 5.02 Å². The number of anilines is 1. The standard InChI is InChI=1S/C13H16ClN3S/c1-3-5-10-7-12(15-4-2)17-13(16-10)11-6-9(14)8-18-11/h6-8H,3-5H2,1-2H3,(H,15,16,17). The SMILES string of the molecule is CCCc1cc(NCC)nc(-c2cc(Cl)cs2)n1. The summed E-state index contributed by atoms with van der Waals surface area (Å²) in [7, 11) is 0. The molecule has 0 unspecified atom stereocenters. The smallest absolute Gasteiger partial charge is 0.171 e. The zero-order valence-electron chi connectivity index (χ0n) is 10.5. The predicted octanol–water partition coefficient (Wildman–Crippen LogP) is 4.24. The zero-order valence-corrected chi connectivity index (χ0v) is 12.1. The quantitative estimate of drug-likeness (QED) is 0.891. The van der Waals surface area contributed by atoms with Crippen molar-refractivity contribution < 1.29 is 0 Å². The second-order valence-electron chi connectivity index (χ2n) is 3.98. The van der Waals surface area contributed by atoms with Gasteiger partial charge in [0, 0.05) is 23.7 Å². The average molecular weight is 282 g/mol. The highest BCUT2D eigenvalue weighted by molar-refractivity contribution is 7.14. The van der Waals surface area contributed by atoms with Crippen LogP contribution in [0.3, 0.4) is 0 Å². The Morgan fingerprint density at radius 1 is 1.28 bits per heavy atom. The molecule has 0 amide bonds. The fraction of sp³-hybridized carbons (Fsp3) is 0.385. The Morgan fingerprint density at radius 2 is 2.11 bits per heavy atom. The molecule has 0 saturated carbocycles. The summed E-state index contributed by atoms with van der Waals surface area (Å²) < 4.78 is 0. The molecule has 0 atom stereocenters. The minimum absolute atomic E-state index is 0.740. The number of thiophene rings is 1. The van der Waals surface area contributed by atoms with Crippen LogP contribution in [0.4, 0.5) is 5.82 Å². The van der Waals surface area contributed by atoms with Gasteiger partial charge in [0.2, 0.25) is 0 Å². The van der Waals surface area contributed by atoms with Crippen LogP contribution in [0.5, 0.6) is 0 Å². The maximum absolute atomic E-state index is 5.95. The minimum Gasteiger partial charge on any atom is -0.370 e. The highest BCUT2D eigenvalue weighted by atomic mass is 35.5. The molecule has 0 radical (unpaired) electrons. The molecule has 0 fully saturated rings. The number of nitrogens with one attached hydrogen (secondary N) is 1. The van der Waals surface area contributed by atoms with Crippen LogP contribution in [-0.2, 0) is 6.42 Å². The van der Waals surface area contributed by atoms with Gasteiger partial charge in [-0.1, -0.05) is 24.9 Å². The van der Waals surface area contributed by atoms with E-state index in [0.29, 0.717) is 0 Å². The van der Waals surface area contributed by atoms with Crippen molar-refractivity contribution in [2.75, 3.05) is 11.9 Å². The molecule has 2 aromatic rings. The molecule has 0 aliphatic heterocycles. The van der Waals surface area contributed by atoms with Gasteiger partial charge in [-0.15, -0.1) is 11.3 Å². The highest BCUT2D eigenvalue weighted by Gasteiger charge is 2.08. The number of nitrogens with zero attached hydrogens (tertiary/aromatic N) is 2. The molecule has 2 aromatic heterocycles. The molecule has 96 valence electrons. The van der Waals surface area contributed by atoms with Crippen LogP contribution in [-0.4, -0.2) is 16.5 Å². The summed E-state index contributed by atoms with van der Waals surface area (Å²) in [6, 6.07) is 3.93. The summed E-state index contributed by atoms with van der Waals surface area (Å²) >= 11 is 7.52. The van der Waals surface area contributed by atoms with Crippen LogP contribution in [0, 0.1) is 0 Å². The van der Waals surface area contributed by atoms with Crippen molar-refractivity contribution >= 4 is 28.8 Å². The van der Waals surface area contributed by atoms with Gasteiger partial charge in [-0.2, -0.15) is 0 Å². The fourth-order valence-corrected chi connectivity index (χ4v) is 2.70. The molecular formula is C13H16ClN3S. The number of hydrogen-bond donors (Lipinski definition) is 1. The van der Waals surface area contributed by atoms with Gasteiger partial charge in [0.25, 0.3) is 0 Å². The van der Waals surface area contributed by atoms with Crippen molar-refractivity contribution in [2.45, 2.75) is 26.7 Å². The third-order valence-electron chi connectivity index (χ3n) is 2.43. The molecule has 2 rings (SSSR count). The zero-order chi connectivity index (χ0) is 13.0. The lowest BCUT2D eigenvalue weighted by atomic mass is 10.2. The molecule has 0 bridgehead atoms. The van der Waals surface area contributed by atoms with Crippen LogP contribution in [0.1, 0.15) is 26.0 Å². The van der Waals surface area contributed by atoms with Crippen molar-refractivity contribution in [1.29, 1.82) is 0 Å².